The number of nitrogens with zero attached hydrogens (tertiary/aromatic N) is 2. The van der Waals surface area contributed by atoms with E-state index in [1.165, 1.54) is 23.1 Å². The Morgan fingerprint density at radius 2 is 2.13 bits per heavy atom. The minimum atomic E-state index is -0.959. The maximum Gasteiger partial charge on any atom is 0.336 e. The normalized spacial score (nSPS) is 21.3. The van der Waals surface area contributed by atoms with Gasteiger partial charge in [0.2, 0.25) is 5.91 Å². The minimum absolute atomic E-state index is 0.0876. The Kier molecular flexibility index (Phi) is 6.16. The van der Waals surface area contributed by atoms with Gasteiger partial charge in [-0.15, -0.1) is 34.9 Å². The van der Waals surface area contributed by atoms with E-state index >= 15 is 0 Å². The number of aromatic carboxylic acids is 1. The van der Waals surface area contributed by atoms with Gasteiger partial charge in [0.05, 0.1) is 5.56 Å². The fraction of sp³-hybridized carbons (Fsp3) is 0.300. The van der Waals surface area contributed by atoms with Crippen LogP contribution in [0.1, 0.15) is 20.5 Å². The number of pyridine rings is 1. The summed E-state index contributed by atoms with van der Waals surface area (Å²) >= 11 is 4.63. The van der Waals surface area contributed by atoms with Crippen molar-refractivity contribution in [2.45, 2.75) is 23.2 Å². The van der Waals surface area contributed by atoms with Crippen LogP contribution < -0.4 is 9.88 Å². The second-order valence-electron chi connectivity index (χ2n) is 6.92. The van der Waals surface area contributed by atoms with Gasteiger partial charge in [0.15, 0.2) is 18.9 Å². The summed E-state index contributed by atoms with van der Waals surface area (Å²) in [5, 5.41) is 13.5. The van der Waals surface area contributed by atoms with Crippen molar-refractivity contribution in [3.05, 3.63) is 64.3 Å². The van der Waals surface area contributed by atoms with Crippen molar-refractivity contribution in [3.8, 4) is 0 Å². The van der Waals surface area contributed by atoms with E-state index in [9.17, 15) is 14.4 Å². The van der Waals surface area contributed by atoms with E-state index in [-0.39, 0.29) is 28.0 Å². The number of aromatic nitrogens is 1. The number of thiophene rings is 1. The second-order valence-corrected chi connectivity index (χ2v) is 9.94. The lowest BCUT2D eigenvalue weighted by Crippen LogP contribution is -2.68. The quantitative estimate of drug-likeness (QED) is 0.484. The van der Waals surface area contributed by atoms with E-state index in [0.29, 0.717) is 6.54 Å². The molecule has 2 unspecified atom stereocenters. The number of carbonyl (C=O) groups is 3. The molecular weight excluding hydrogens is 442 g/mol. The standard InChI is InChI=1S/C20H19N3O4S3/c1-28-16(14-3-2-8-29-14)17(24)21-15-18(25)23-10-12(11-30-19(15)23)9-22-6-4-13(5-7-22)20(26)27/h2-8,10,15-16,19H,9,11H2,1H3,(H-,21,24,26,27)/p+1/t15?,16?,19-/m0/s1. The van der Waals surface area contributed by atoms with Crippen LogP contribution in [0, 0.1) is 0 Å². The van der Waals surface area contributed by atoms with E-state index in [4.69, 9.17) is 5.11 Å². The Morgan fingerprint density at radius 1 is 1.37 bits per heavy atom. The van der Waals surface area contributed by atoms with Gasteiger partial charge in [-0.2, -0.15) is 0 Å². The zero-order chi connectivity index (χ0) is 21.3. The Labute approximate surface area is 186 Å². The summed E-state index contributed by atoms with van der Waals surface area (Å²) in [5.41, 5.74) is 1.30. The van der Waals surface area contributed by atoms with Gasteiger partial charge in [0.1, 0.15) is 16.7 Å². The molecule has 0 saturated carbocycles. The predicted molar refractivity (Wildman–Crippen MR) is 117 cm³/mol. The first-order valence-corrected chi connectivity index (χ1v) is 12.4. The Morgan fingerprint density at radius 3 is 2.77 bits per heavy atom. The topological polar surface area (TPSA) is 90.6 Å². The first-order chi connectivity index (χ1) is 14.5. The maximum absolute atomic E-state index is 12.7. The average Bonchev–Trinajstić information content (AvgIpc) is 3.27. The molecule has 2 aromatic rings. The predicted octanol–water partition coefficient (Wildman–Crippen LogP) is 2.12. The van der Waals surface area contributed by atoms with Gasteiger partial charge in [-0.3, -0.25) is 9.59 Å². The van der Waals surface area contributed by atoms with E-state index in [2.05, 4.69) is 5.32 Å². The molecule has 1 saturated heterocycles. The van der Waals surface area contributed by atoms with E-state index in [1.807, 2.05) is 34.5 Å². The number of fused-ring (bicyclic) bond motifs is 1. The average molecular weight is 463 g/mol. The van der Waals surface area contributed by atoms with Gasteiger partial charge in [-0.25, -0.2) is 9.36 Å². The second kappa shape index (κ2) is 8.83. The van der Waals surface area contributed by atoms with Crippen molar-refractivity contribution in [3.63, 3.8) is 0 Å². The van der Waals surface area contributed by atoms with Gasteiger partial charge >= 0.3 is 5.97 Å². The SMILES string of the molecule is CSC(C(=O)NC1C(=O)N2C=C(C[n+]3ccc(C(=O)O)cc3)CS[C@@H]12)c1cccs1. The van der Waals surface area contributed by atoms with E-state index in [0.717, 1.165) is 16.2 Å². The smallest absolute Gasteiger partial charge is 0.336 e. The molecular formula is C20H20N3O4S3+. The number of rotatable bonds is 7. The van der Waals surface area contributed by atoms with E-state index in [1.54, 1.807) is 41.2 Å². The molecule has 4 rings (SSSR count). The van der Waals surface area contributed by atoms with Crippen LogP contribution in [-0.2, 0) is 16.1 Å². The number of carboxylic acid groups (broad SMARTS) is 1. The molecule has 0 radical (unpaired) electrons. The number of hydrogen-bond acceptors (Lipinski definition) is 6. The Bertz CT molecular complexity index is 991. The van der Waals surface area contributed by atoms with Gasteiger partial charge in [-0.05, 0) is 17.7 Å². The number of nitrogens with one attached hydrogen (secondary N) is 1. The molecule has 0 aliphatic carbocycles. The van der Waals surface area contributed by atoms with Crippen LogP contribution in [0.2, 0.25) is 0 Å². The molecule has 0 spiro atoms. The molecule has 2 aromatic heterocycles. The first kappa shape index (κ1) is 21.0. The first-order valence-electron chi connectivity index (χ1n) is 9.20. The van der Waals surface area contributed by atoms with Crippen molar-refractivity contribution in [1.29, 1.82) is 0 Å². The number of thioether (sulfide) groups is 2. The van der Waals surface area contributed by atoms with Crippen LogP contribution in [0.5, 0.6) is 0 Å². The highest BCUT2D eigenvalue weighted by Gasteiger charge is 2.50. The van der Waals surface area contributed by atoms with Crippen LogP contribution in [0.4, 0.5) is 0 Å². The Hall–Kier alpha value is -2.30. The van der Waals surface area contributed by atoms with Crippen LogP contribution in [0.3, 0.4) is 0 Å². The number of β-lactam (4-membered cyclic amide) rings is 1. The highest BCUT2D eigenvalue weighted by molar-refractivity contribution is 8.00. The van der Waals surface area contributed by atoms with Crippen molar-refractivity contribution < 1.29 is 24.1 Å². The summed E-state index contributed by atoms with van der Waals surface area (Å²) in [6.45, 7) is 0.577. The van der Waals surface area contributed by atoms with Crippen molar-refractivity contribution in [2.75, 3.05) is 12.0 Å². The Balaban J connectivity index is 1.38. The van der Waals surface area contributed by atoms with Gasteiger partial charge in [0.25, 0.3) is 5.91 Å². The van der Waals surface area contributed by atoms with Crippen molar-refractivity contribution in [1.82, 2.24) is 10.2 Å². The van der Waals surface area contributed by atoms with Crippen molar-refractivity contribution in [2.24, 2.45) is 0 Å². The third-order valence-electron chi connectivity index (χ3n) is 4.94. The largest absolute Gasteiger partial charge is 0.478 e. The van der Waals surface area contributed by atoms with E-state index < -0.39 is 12.0 Å². The summed E-state index contributed by atoms with van der Waals surface area (Å²) in [6, 6.07) is 6.46. The van der Waals surface area contributed by atoms with Crippen LogP contribution in [0.15, 0.2) is 53.8 Å². The number of hydrogen-bond donors (Lipinski definition) is 2. The molecule has 2 amide bonds. The fourth-order valence-electron chi connectivity index (χ4n) is 3.41. The minimum Gasteiger partial charge on any atom is -0.478 e. The van der Waals surface area contributed by atoms with Gasteiger partial charge in [-0.1, -0.05) is 6.07 Å². The molecule has 4 heterocycles. The van der Waals surface area contributed by atoms with Crippen LogP contribution >= 0.6 is 34.9 Å². The fourth-order valence-corrected chi connectivity index (χ4v) is 6.41. The van der Waals surface area contributed by atoms with Gasteiger partial charge in [0, 0.05) is 34.5 Å². The maximum atomic E-state index is 12.7. The zero-order valence-electron chi connectivity index (χ0n) is 16.1. The molecule has 1 fully saturated rings. The number of amides is 2. The highest BCUT2D eigenvalue weighted by atomic mass is 32.2. The molecule has 10 heteroatoms. The summed E-state index contributed by atoms with van der Waals surface area (Å²) in [4.78, 5) is 39.0. The molecule has 30 heavy (non-hydrogen) atoms. The van der Waals surface area contributed by atoms with Gasteiger partial charge < -0.3 is 15.3 Å². The van der Waals surface area contributed by atoms with Crippen LogP contribution in [-0.4, -0.2) is 51.2 Å². The molecule has 156 valence electrons. The summed E-state index contributed by atoms with van der Waals surface area (Å²) in [5.74, 6) is -0.451. The summed E-state index contributed by atoms with van der Waals surface area (Å²) in [7, 11) is 0. The molecule has 0 aromatic carbocycles. The molecule has 2 aliphatic heterocycles. The lowest BCUT2D eigenvalue weighted by Gasteiger charge is -2.47. The molecule has 2 aliphatic rings. The molecule has 7 nitrogen and oxygen atoms in total. The lowest BCUT2D eigenvalue weighted by atomic mass is 10.1. The van der Waals surface area contributed by atoms with Crippen LogP contribution in [0.25, 0.3) is 0 Å². The number of carboxylic acids is 1. The third kappa shape index (κ3) is 4.12. The third-order valence-corrected chi connectivity index (χ3v) is 8.34. The molecule has 2 N–H and O–H groups in total. The summed E-state index contributed by atoms with van der Waals surface area (Å²) in [6.07, 6.45) is 7.18. The summed E-state index contributed by atoms with van der Waals surface area (Å²) < 4.78 is 1.88. The monoisotopic (exact) mass is 462 g/mol. The highest BCUT2D eigenvalue weighted by Crippen LogP contribution is 2.37. The molecule has 3 atom stereocenters. The lowest BCUT2D eigenvalue weighted by molar-refractivity contribution is -0.689. The van der Waals surface area contributed by atoms with Crippen molar-refractivity contribution >= 4 is 52.6 Å². The zero-order valence-corrected chi connectivity index (χ0v) is 18.5. The number of carbonyl (C=O) groups excluding carboxylic acids is 2. The molecule has 0 bridgehead atoms.